The van der Waals surface area contributed by atoms with E-state index < -0.39 is 6.03 Å². The van der Waals surface area contributed by atoms with E-state index in [1.165, 1.54) is 0 Å². The first-order valence-corrected chi connectivity index (χ1v) is 13.9. The number of nitriles is 1. The Morgan fingerprint density at radius 3 is 1.70 bits per heavy atom. The van der Waals surface area contributed by atoms with Crippen molar-refractivity contribution >= 4 is 44.6 Å². The molecule has 0 aliphatic heterocycles. The van der Waals surface area contributed by atoms with Gasteiger partial charge >= 0.3 is 6.03 Å². The SMILES string of the molecule is [C-]#[N+]c1ccc(Oc2cc(NC(=O)Nc3ccc(C)c(Oc4ccc(C#N)c5ccccc45)c3)ccc2C)c2ccccc12. The Bertz CT molecular complexity index is 2010. The average Bonchev–Trinajstić information content (AvgIpc) is 3.04. The van der Waals surface area contributed by atoms with Crippen molar-refractivity contribution in [1.82, 2.24) is 0 Å². The van der Waals surface area contributed by atoms with Gasteiger partial charge in [-0.25, -0.2) is 9.64 Å². The molecule has 2 N–H and O–H groups in total. The molecule has 0 saturated carbocycles. The molecule has 7 heteroatoms. The minimum atomic E-state index is -0.426. The molecule has 0 saturated heterocycles. The summed E-state index contributed by atoms with van der Waals surface area (Å²) in [6.45, 7) is 11.3. The van der Waals surface area contributed by atoms with Gasteiger partial charge in [0.2, 0.25) is 0 Å². The van der Waals surface area contributed by atoms with Gasteiger partial charge in [-0.15, -0.1) is 0 Å². The Kier molecular flexibility index (Phi) is 7.52. The summed E-state index contributed by atoms with van der Waals surface area (Å²) in [7, 11) is 0. The van der Waals surface area contributed by atoms with E-state index in [2.05, 4.69) is 21.5 Å². The molecule has 6 aromatic carbocycles. The zero-order valence-corrected chi connectivity index (χ0v) is 24.0. The number of anilines is 2. The van der Waals surface area contributed by atoms with E-state index in [4.69, 9.17) is 16.0 Å². The van der Waals surface area contributed by atoms with Gasteiger partial charge in [-0.3, -0.25) is 0 Å². The molecule has 212 valence electrons. The van der Waals surface area contributed by atoms with Crippen LogP contribution in [0.5, 0.6) is 23.0 Å². The highest BCUT2D eigenvalue weighted by Gasteiger charge is 2.13. The Morgan fingerprint density at radius 2 is 1.16 bits per heavy atom. The maximum Gasteiger partial charge on any atom is 0.323 e. The zero-order valence-electron chi connectivity index (χ0n) is 24.0. The van der Waals surface area contributed by atoms with E-state index >= 15 is 0 Å². The number of aryl methyl sites for hydroxylation is 2. The first-order chi connectivity index (χ1) is 21.4. The molecule has 0 unspecified atom stereocenters. The van der Waals surface area contributed by atoms with E-state index in [-0.39, 0.29) is 0 Å². The van der Waals surface area contributed by atoms with Gasteiger partial charge in [-0.2, -0.15) is 5.26 Å². The van der Waals surface area contributed by atoms with Crippen LogP contribution in [0.2, 0.25) is 0 Å². The second-order valence-electron chi connectivity index (χ2n) is 10.3. The number of hydrogen-bond acceptors (Lipinski definition) is 4. The van der Waals surface area contributed by atoms with Crippen LogP contribution in [0, 0.1) is 31.8 Å². The largest absolute Gasteiger partial charge is 0.456 e. The van der Waals surface area contributed by atoms with Gasteiger partial charge in [0.15, 0.2) is 5.69 Å². The highest BCUT2D eigenvalue weighted by Crippen LogP contribution is 2.38. The lowest BCUT2D eigenvalue weighted by Crippen LogP contribution is -2.19. The van der Waals surface area contributed by atoms with Crippen molar-refractivity contribution in [3.05, 3.63) is 137 Å². The average molecular weight is 575 g/mol. The van der Waals surface area contributed by atoms with Gasteiger partial charge in [0, 0.05) is 39.7 Å². The van der Waals surface area contributed by atoms with Crippen LogP contribution in [0.15, 0.2) is 109 Å². The zero-order chi connectivity index (χ0) is 30.6. The maximum absolute atomic E-state index is 13.0. The molecular weight excluding hydrogens is 548 g/mol. The van der Waals surface area contributed by atoms with Crippen LogP contribution in [-0.2, 0) is 0 Å². The topological polar surface area (TPSA) is 87.7 Å². The second-order valence-corrected chi connectivity index (χ2v) is 10.3. The van der Waals surface area contributed by atoms with Crippen LogP contribution in [0.25, 0.3) is 26.4 Å². The van der Waals surface area contributed by atoms with Crippen LogP contribution in [0.3, 0.4) is 0 Å². The Morgan fingerprint density at radius 1 is 0.659 bits per heavy atom. The molecular formula is C37H26N4O3. The van der Waals surface area contributed by atoms with E-state index in [9.17, 15) is 10.1 Å². The third-order valence-electron chi connectivity index (χ3n) is 7.32. The molecule has 0 spiro atoms. The maximum atomic E-state index is 13.0. The Balaban J connectivity index is 1.19. The molecule has 0 aliphatic carbocycles. The van der Waals surface area contributed by atoms with Crippen LogP contribution in [0.4, 0.5) is 21.9 Å². The second kappa shape index (κ2) is 11.9. The number of urea groups is 1. The molecule has 6 rings (SSSR count). The predicted molar refractivity (Wildman–Crippen MR) is 174 cm³/mol. The predicted octanol–water partition coefficient (Wildman–Crippen LogP) is 10.3. The minimum Gasteiger partial charge on any atom is -0.456 e. The molecule has 6 aromatic rings. The molecule has 7 nitrogen and oxygen atoms in total. The van der Waals surface area contributed by atoms with Gasteiger partial charge in [0.1, 0.15) is 23.0 Å². The number of hydrogen-bond donors (Lipinski definition) is 2. The van der Waals surface area contributed by atoms with Gasteiger partial charge in [-0.05, 0) is 60.7 Å². The van der Waals surface area contributed by atoms with Crippen LogP contribution in [0.1, 0.15) is 16.7 Å². The van der Waals surface area contributed by atoms with Crippen LogP contribution in [-0.4, -0.2) is 6.03 Å². The summed E-state index contributed by atoms with van der Waals surface area (Å²) < 4.78 is 12.6. The van der Waals surface area contributed by atoms with E-state index in [0.717, 1.165) is 32.7 Å². The smallest absolute Gasteiger partial charge is 0.323 e. The van der Waals surface area contributed by atoms with Gasteiger partial charge in [0.05, 0.1) is 18.2 Å². The molecule has 0 bridgehead atoms. The van der Waals surface area contributed by atoms with Gasteiger partial charge in [0.25, 0.3) is 0 Å². The van der Waals surface area contributed by atoms with Crippen molar-refractivity contribution in [2.24, 2.45) is 0 Å². The standard InChI is InChI=1S/C37H26N4O3/c1-23-12-15-26(20-35(23)43-33-18-14-25(22-38)28-8-4-6-10-30(28)33)40-37(42)41-27-16-13-24(2)36(21-27)44-34-19-17-32(39-3)29-9-5-7-11-31(29)34/h4-21H,1-2H3,(H2,40,41,42). The first kappa shape index (κ1) is 27.8. The van der Waals surface area contributed by atoms with E-state index in [1.54, 1.807) is 42.5 Å². The third kappa shape index (κ3) is 5.59. The van der Waals surface area contributed by atoms with Crippen molar-refractivity contribution < 1.29 is 14.3 Å². The molecule has 44 heavy (non-hydrogen) atoms. The van der Waals surface area contributed by atoms with Crippen molar-refractivity contribution in [1.29, 1.82) is 5.26 Å². The molecule has 0 atom stereocenters. The number of benzene rings is 6. The first-order valence-electron chi connectivity index (χ1n) is 13.9. The van der Waals surface area contributed by atoms with E-state index in [1.807, 2.05) is 80.6 Å². The lowest BCUT2D eigenvalue weighted by molar-refractivity contribution is 0.262. The number of fused-ring (bicyclic) bond motifs is 2. The number of nitrogens with zero attached hydrogens (tertiary/aromatic N) is 2. The van der Waals surface area contributed by atoms with Crippen molar-refractivity contribution in [3.63, 3.8) is 0 Å². The normalized spacial score (nSPS) is 10.5. The summed E-state index contributed by atoms with van der Waals surface area (Å²) in [5, 5.41) is 18.5. The van der Waals surface area contributed by atoms with E-state index in [0.29, 0.717) is 45.6 Å². The number of nitrogens with one attached hydrogen (secondary N) is 2. The molecule has 0 radical (unpaired) electrons. The number of carbonyl (C=O) groups is 1. The van der Waals surface area contributed by atoms with Crippen molar-refractivity contribution in [2.45, 2.75) is 13.8 Å². The van der Waals surface area contributed by atoms with Gasteiger partial charge in [-0.1, -0.05) is 66.7 Å². The highest BCUT2D eigenvalue weighted by molar-refractivity contribution is 6.00. The number of amides is 2. The van der Waals surface area contributed by atoms with Gasteiger partial charge < -0.3 is 20.1 Å². The van der Waals surface area contributed by atoms with Crippen LogP contribution < -0.4 is 20.1 Å². The number of rotatable bonds is 6. The van der Waals surface area contributed by atoms with Crippen molar-refractivity contribution in [2.75, 3.05) is 10.6 Å². The fourth-order valence-corrected chi connectivity index (χ4v) is 5.01. The summed E-state index contributed by atoms with van der Waals surface area (Å²) >= 11 is 0. The minimum absolute atomic E-state index is 0.426. The summed E-state index contributed by atoms with van der Waals surface area (Å²) in [6.07, 6.45) is 0. The Labute approximate surface area is 254 Å². The number of carbonyl (C=O) groups excluding carboxylic acids is 1. The van der Waals surface area contributed by atoms with Crippen molar-refractivity contribution in [3.8, 4) is 29.1 Å². The summed E-state index contributed by atoms with van der Waals surface area (Å²) in [6, 6.07) is 35.0. The molecule has 0 aromatic heterocycles. The number of ether oxygens (including phenoxy) is 2. The fourth-order valence-electron chi connectivity index (χ4n) is 5.01. The lowest BCUT2D eigenvalue weighted by Gasteiger charge is -2.15. The molecule has 0 aliphatic rings. The monoisotopic (exact) mass is 574 g/mol. The molecule has 0 heterocycles. The lowest BCUT2D eigenvalue weighted by atomic mass is 10.0. The molecule has 0 fully saturated rings. The summed E-state index contributed by atoms with van der Waals surface area (Å²) in [4.78, 5) is 16.6. The third-order valence-corrected chi connectivity index (χ3v) is 7.32. The van der Waals surface area contributed by atoms with Crippen LogP contribution >= 0.6 is 0 Å². The quantitative estimate of drug-likeness (QED) is 0.194. The Hall–Kier alpha value is -6.31. The molecule has 2 amide bonds. The fraction of sp³-hybridized carbons (Fsp3) is 0.0541. The highest BCUT2D eigenvalue weighted by atomic mass is 16.5. The summed E-state index contributed by atoms with van der Waals surface area (Å²) in [5.74, 6) is 2.41. The summed E-state index contributed by atoms with van der Waals surface area (Å²) in [5.41, 5.74) is 4.03.